The summed E-state index contributed by atoms with van der Waals surface area (Å²) < 4.78 is 12.3. The van der Waals surface area contributed by atoms with E-state index in [1.165, 1.54) is 0 Å². The third-order valence-corrected chi connectivity index (χ3v) is 6.50. The van der Waals surface area contributed by atoms with Crippen LogP contribution in [0, 0.1) is 0 Å². The summed E-state index contributed by atoms with van der Waals surface area (Å²) in [6.07, 6.45) is 0.760. The van der Waals surface area contributed by atoms with Gasteiger partial charge < -0.3 is 19.0 Å². The van der Waals surface area contributed by atoms with Crippen molar-refractivity contribution in [3.8, 4) is 0 Å². The summed E-state index contributed by atoms with van der Waals surface area (Å²) in [6, 6.07) is 19.0. The van der Waals surface area contributed by atoms with Crippen LogP contribution in [-0.2, 0) is 9.53 Å². The molecule has 0 bridgehead atoms. The molecule has 146 valence electrons. The summed E-state index contributed by atoms with van der Waals surface area (Å²) in [4.78, 5) is 29.6. The molecule has 0 radical (unpaired) electrons. The van der Waals surface area contributed by atoms with Gasteiger partial charge in [0.1, 0.15) is 11.7 Å². The molecule has 6 nitrogen and oxygen atoms in total. The molecule has 3 atom stereocenters. The van der Waals surface area contributed by atoms with Gasteiger partial charge >= 0.3 is 0 Å². The van der Waals surface area contributed by atoms with Crippen LogP contribution in [0.4, 0.5) is 0 Å². The first-order valence-electron chi connectivity index (χ1n) is 9.98. The number of hydrogen-bond donors (Lipinski definition) is 0. The molecule has 3 aromatic rings. The number of likely N-dealkylation sites (tertiary alicyclic amines) is 1. The van der Waals surface area contributed by atoms with Gasteiger partial charge in [0.25, 0.3) is 5.91 Å². The van der Waals surface area contributed by atoms with Crippen molar-refractivity contribution in [2.45, 2.75) is 30.7 Å². The second kappa shape index (κ2) is 5.94. The molecule has 29 heavy (non-hydrogen) atoms. The molecule has 1 spiro atoms. The van der Waals surface area contributed by atoms with Crippen molar-refractivity contribution in [2.75, 3.05) is 13.1 Å². The molecule has 3 aliphatic heterocycles. The topological polar surface area (TPSA) is 63.0 Å². The van der Waals surface area contributed by atoms with E-state index in [9.17, 15) is 9.59 Å². The van der Waals surface area contributed by atoms with Crippen LogP contribution in [0.5, 0.6) is 0 Å². The fourth-order valence-electron chi connectivity index (χ4n) is 5.14. The summed E-state index contributed by atoms with van der Waals surface area (Å²) in [5.41, 5.74) is 1.03. The lowest BCUT2D eigenvalue weighted by Gasteiger charge is -2.31. The maximum absolute atomic E-state index is 13.2. The van der Waals surface area contributed by atoms with Crippen molar-refractivity contribution in [1.29, 1.82) is 0 Å². The zero-order valence-corrected chi connectivity index (χ0v) is 15.8. The summed E-state index contributed by atoms with van der Waals surface area (Å²) >= 11 is 0. The number of rotatable bonds is 2. The Hall–Kier alpha value is -3.12. The van der Waals surface area contributed by atoms with Crippen LogP contribution in [-0.4, -0.2) is 46.5 Å². The molecular weight excluding hydrogens is 368 g/mol. The molecule has 4 heterocycles. The Bertz CT molecular complexity index is 1090. The zero-order valence-electron chi connectivity index (χ0n) is 15.8. The van der Waals surface area contributed by atoms with Crippen LogP contribution in [0.25, 0.3) is 11.0 Å². The molecule has 0 N–H and O–H groups in total. The third kappa shape index (κ3) is 2.32. The van der Waals surface area contributed by atoms with Crippen molar-refractivity contribution in [1.82, 2.24) is 9.80 Å². The van der Waals surface area contributed by atoms with Gasteiger partial charge in [-0.1, -0.05) is 48.5 Å². The van der Waals surface area contributed by atoms with E-state index < -0.39 is 5.72 Å². The van der Waals surface area contributed by atoms with Gasteiger partial charge in [0.2, 0.25) is 5.91 Å². The van der Waals surface area contributed by atoms with Gasteiger partial charge in [-0.15, -0.1) is 0 Å². The highest BCUT2D eigenvalue weighted by Gasteiger charge is 2.65. The standard InChI is InChI=1S/C23H20N2O4/c26-21-13-20-23(25(21)14-19(29-23)15-6-2-1-3-7-15)10-11-24(20)22(27)18-12-16-8-4-5-9-17(16)28-18/h1-9,12,19-20H,10-11,13-14H2/t19-,20-,23+/m1/s1. The first-order valence-corrected chi connectivity index (χ1v) is 9.98. The van der Waals surface area contributed by atoms with Crippen molar-refractivity contribution >= 4 is 22.8 Å². The molecule has 3 aliphatic rings. The van der Waals surface area contributed by atoms with E-state index in [2.05, 4.69) is 0 Å². The first kappa shape index (κ1) is 16.8. The molecule has 6 heteroatoms. The van der Waals surface area contributed by atoms with Crippen LogP contribution < -0.4 is 0 Å². The van der Waals surface area contributed by atoms with Crippen LogP contribution in [0.1, 0.15) is 35.1 Å². The summed E-state index contributed by atoms with van der Waals surface area (Å²) in [6.45, 7) is 1.08. The molecule has 0 unspecified atom stereocenters. The van der Waals surface area contributed by atoms with E-state index in [0.717, 1.165) is 10.9 Å². The Balaban J connectivity index is 1.32. The highest BCUT2D eigenvalue weighted by atomic mass is 16.5. The molecule has 6 rings (SSSR count). The second-order valence-corrected chi connectivity index (χ2v) is 7.98. The SMILES string of the molecule is O=C(c1cc2ccccc2o1)N1CC[C@@]23O[C@@H](c4ccccc4)CN2C(=O)C[C@@H]13. The monoisotopic (exact) mass is 388 g/mol. The molecule has 2 amide bonds. The van der Waals surface area contributed by atoms with E-state index in [-0.39, 0.29) is 24.0 Å². The highest BCUT2D eigenvalue weighted by Crippen LogP contribution is 2.50. The van der Waals surface area contributed by atoms with Gasteiger partial charge in [-0.25, -0.2) is 0 Å². The highest BCUT2D eigenvalue weighted by molar-refractivity contribution is 5.97. The summed E-state index contributed by atoms with van der Waals surface area (Å²) in [5.74, 6) is 0.187. The average Bonchev–Trinajstić information content (AvgIpc) is 3.48. The molecule has 3 fully saturated rings. The maximum atomic E-state index is 13.2. The molecular formula is C23H20N2O4. The predicted octanol–water partition coefficient (Wildman–Crippen LogP) is 3.35. The lowest BCUT2D eigenvalue weighted by atomic mass is 10.1. The Morgan fingerprint density at radius 2 is 1.86 bits per heavy atom. The largest absolute Gasteiger partial charge is 0.451 e. The quantitative estimate of drug-likeness (QED) is 0.675. The Morgan fingerprint density at radius 1 is 1.07 bits per heavy atom. The van der Waals surface area contributed by atoms with Crippen LogP contribution in [0.2, 0.25) is 0 Å². The predicted molar refractivity (Wildman–Crippen MR) is 105 cm³/mol. The number of benzene rings is 2. The number of furan rings is 1. The number of nitrogens with zero attached hydrogens (tertiary/aromatic N) is 2. The van der Waals surface area contributed by atoms with Gasteiger partial charge in [0.15, 0.2) is 11.5 Å². The van der Waals surface area contributed by atoms with Crippen LogP contribution >= 0.6 is 0 Å². The Morgan fingerprint density at radius 3 is 2.69 bits per heavy atom. The number of hydrogen-bond acceptors (Lipinski definition) is 4. The van der Waals surface area contributed by atoms with E-state index in [1.54, 1.807) is 11.0 Å². The van der Waals surface area contributed by atoms with Gasteiger partial charge in [-0.05, 0) is 17.7 Å². The zero-order chi connectivity index (χ0) is 19.6. The first-order chi connectivity index (χ1) is 14.2. The minimum Gasteiger partial charge on any atom is -0.451 e. The normalized spacial score (nSPS) is 28.2. The minimum absolute atomic E-state index is 0.0514. The number of carbonyl (C=O) groups is 2. The van der Waals surface area contributed by atoms with Crippen LogP contribution in [0.3, 0.4) is 0 Å². The molecule has 0 saturated carbocycles. The number of para-hydroxylation sites is 1. The number of fused-ring (bicyclic) bond motifs is 1. The maximum Gasteiger partial charge on any atom is 0.290 e. The lowest BCUT2D eigenvalue weighted by molar-refractivity contribution is -0.138. The lowest BCUT2D eigenvalue weighted by Crippen LogP contribution is -2.48. The average molecular weight is 388 g/mol. The minimum atomic E-state index is -0.723. The van der Waals surface area contributed by atoms with Crippen molar-refractivity contribution in [3.63, 3.8) is 0 Å². The molecule has 2 aromatic carbocycles. The van der Waals surface area contributed by atoms with E-state index in [4.69, 9.17) is 9.15 Å². The number of amides is 2. The smallest absolute Gasteiger partial charge is 0.290 e. The molecule has 3 saturated heterocycles. The molecule has 1 aromatic heterocycles. The van der Waals surface area contributed by atoms with Gasteiger partial charge in [0.05, 0.1) is 19.0 Å². The van der Waals surface area contributed by atoms with Crippen molar-refractivity contribution in [2.24, 2.45) is 0 Å². The Labute approximate surface area is 167 Å². The van der Waals surface area contributed by atoms with Crippen LogP contribution in [0.15, 0.2) is 65.1 Å². The van der Waals surface area contributed by atoms with E-state index in [0.29, 0.717) is 37.3 Å². The fourth-order valence-corrected chi connectivity index (χ4v) is 5.14. The van der Waals surface area contributed by atoms with E-state index >= 15 is 0 Å². The van der Waals surface area contributed by atoms with E-state index in [1.807, 2.05) is 59.5 Å². The van der Waals surface area contributed by atoms with Gasteiger partial charge in [-0.3, -0.25) is 9.59 Å². The van der Waals surface area contributed by atoms with Gasteiger partial charge in [-0.2, -0.15) is 0 Å². The fraction of sp³-hybridized carbons (Fsp3) is 0.304. The van der Waals surface area contributed by atoms with Gasteiger partial charge in [0, 0.05) is 18.4 Å². The van der Waals surface area contributed by atoms with Crippen molar-refractivity contribution in [3.05, 3.63) is 72.0 Å². The second-order valence-electron chi connectivity index (χ2n) is 7.98. The number of ether oxygens (including phenoxy) is 1. The molecule has 0 aliphatic carbocycles. The Kier molecular flexibility index (Phi) is 3.44. The number of carbonyl (C=O) groups excluding carboxylic acids is 2. The third-order valence-electron chi connectivity index (χ3n) is 6.50. The van der Waals surface area contributed by atoms with Crippen molar-refractivity contribution < 1.29 is 18.7 Å². The summed E-state index contributed by atoms with van der Waals surface area (Å²) in [7, 11) is 0. The summed E-state index contributed by atoms with van der Waals surface area (Å²) in [5, 5.41) is 0.898.